The summed E-state index contributed by atoms with van der Waals surface area (Å²) in [5, 5.41) is 2.94. The van der Waals surface area contributed by atoms with Crippen LogP contribution in [0.1, 0.15) is 17.3 Å². The Morgan fingerprint density at radius 3 is 1.77 bits per heavy atom. The van der Waals surface area contributed by atoms with Crippen LogP contribution in [0.2, 0.25) is 0 Å². The third-order valence-corrected chi connectivity index (χ3v) is 5.27. The summed E-state index contributed by atoms with van der Waals surface area (Å²) in [5.41, 5.74) is 3.68. The van der Waals surface area contributed by atoms with Crippen molar-refractivity contribution in [3.05, 3.63) is 84.4 Å². The topological polar surface area (TPSA) is 61.9 Å². The highest BCUT2D eigenvalue weighted by atomic mass is 16.5. The highest BCUT2D eigenvalue weighted by molar-refractivity contribution is 6.04. The number of esters is 1. The molecule has 4 rings (SSSR count). The minimum absolute atomic E-state index is 0.110. The van der Waals surface area contributed by atoms with Gasteiger partial charge in [0, 0.05) is 55.7 Å². The number of nitrogens with zero attached hydrogens (tertiary/aromatic N) is 2. The van der Waals surface area contributed by atoms with Crippen LogP contribution in [-0.2, 0) is 4.79 Å². The second-order valence-electron chi connectivity index (χ2n) is 7.43. The minimum Gasteiger partial charge on any atom is -0.427 e. The molecule has 1 amide bonds. The monoisotopic (exact) mass is 415 g/mol. The van der Waals surface area contributed by atoms with E-state index in [9.17, 15) is 9.59 Å². The number of hydrogen-bond acceptors (Lipinski definition) is 5. The quantitative estimate of drug-likeness (QED) is 0.500. The molecule has 3 aromatic carbocycles. The van der Waals surface area contributed by atoms with Crippen molar-refractivity contribution in [3.8, 4) is 5.75 Å². The van der Waals surface area contributed by atoms with E-state index < -0.39 is 0 Å². The van der Waals surface area contributed by atoms with Crippen LogP contribution in [-0.4, -0.2) is 38.1 Å². The van der Waals surface area contributed by atoms with E-state index in [0.29, 0.717) is 11.3 Å². The third-order valence-electron chi connectivity index (χ3n) is 5.27. The van der Waals surface area contributed by atoms with Crippen molar-refractivity contribution in [2.24, 2.45) is 0 Å². The smallest absolute Gasteiger partial charge is 0.308 e. The number of amides is 1. The minimum atomic E-state index is -0.313. The van der Waals surface area contributed by atoms with Crippen LogP contribution in [0, 0.1) is 0 Å². The van der Waals surface area contributed by atoms with Crippen molar-refractivity contribution < 1.29 is 14.3 Å². The molecule has 1 aliphatic heterocycles. The number of nitrogens with one attached hydrogen (secondary N) is 1. The van der Waals surface area contributed by atoms with Crippen LogP contribution >= 0.6 is 0 Å². The number of piperazine rings is 1. The van der Waals surface area contributed by atoms with Gasteiger partial charge in [0.15, 0.2) is 0 Å². The average Bonchev–Trinajstić information content (AvgIpc) is 2.80. The largest absolute Gasteiger partial charge is 0.427 e. The first kappa shape index (κ1) is 20.5. The molecule has 6 nitrogen and oxygen atoms in total. The van der Waals surface area contributed by atoms with Crippen molar-refractivity contribution in [2.45, 2.75) is 6.92 Å². The number of carbonyl (C=O) groups is 2. The van der Waals surface area contributed by atoms with Gasteiger partial charge in [0.1, 0.15) is 5.75 Å². The fraction of sp³-hybridized carbons (Fsp3) is 0.200. The Hall–Kier alpha value is -3.80. The summed E-state index contributed by atoms with van der Waals surface area (Å²) < 4.78 is 5.10. The maximum absolute atomic E-state index is 12.3. The first-order valence-corrected chi connectivity index (χ1v) is 10.3. The molecule has 1 heterocycles. The first-order valence-electron chi connectivity index (χ1n) is 10.3. The van der Waals surface area contributed by atoms with Gasteiger partial charge >= 0.3 is 5.97 Å². The van der Waals surface area contributed by atoms with Crippen LogP contribution in [0.4, 0.5) is 17.1 Å². The number of carbonyl (C=O) groups excluding carboxylic acids is 2. The standard InChI is InChI=1S/C25H25N3O3/c1-19(29)31-24-13-11-23(12-14-24)28-17-15-27(16-18-28)22-9-7-21(8-10-22)26-25(30)20-5-3-2-4-6-20/h2-14H,15-18H2,1H3,(H,26,30). The number of hydrogen-bond donors (Lipinski definition) is 1. The molecule has 0 bridgehead atoms. The van der Waals surface area contributed by atoms with Gasteiger partial charge in [-0.15, -0.1) is 0 Å². The molecule has 1 N–H and O–H groups in total. The zero-order chi connectivity index (χ0) is 21.6. The summed E-state index contributed by atoms with van der Waals surface area (Å²) in [5.74, 6) is 0.142. The van der Waals surface area contributed by atoms with E-state index >= 15 is 0 Å². The zero-order valence-corrected chi connectivity index (χ0v) is 17.5. The molecule has 0 aromatic heterocycles. The predicted octanol–water partition coefficient (Wildman–Crippen LogP) is 4.19. The van der Waals surface area contributed by atoms with E-state index in [1.165, 1.54) is 6.92 Å². The molecule has 6 heteroatoms. The van der Waals surface area contributed by atoms with Gasteiger partial charge in [-0.1, -0.05) is 18.2 Å². The molecule has 0 radical (unpaired) electrons. The van der Waals surface area contributed by atoms with Crippen molar-refractivity contribution in [1.29, 1.82) is 0 Å². The molecule has 0 spiro atoms. The van der Waals surface area contributed by atoms with E-state index in [0.717, 1.165) is 43.2 Å². The van der Waals surface area contributed by atoms with Gasteiger partial charge in [-0.05, 0) is 60.7 Å². The molecule has 3 aromatic rings. The van der Waals surface area contributed by atoms with E-state index in [-0.39, 0.29) is 11.9 Å². The van der Waals surface area contributed by atoms with Gasteiger partial charge < -0.3 is 19.9 Å². The second kappa shape index (κ2) is 9.34. The Bertz CT molecular complexity index is 1030. The SMILES string of the molecule is CC(=O)Oc1ccc(N2CCN(c3ccc(NC(=O)c4ccccc4)cc3)CC2)cc1. The molecular weight excluding hydrogens is 390 g/mol. The average molecular weight is 415 g/mol. The van der Waals surface area contributed by atoms with Gasteiger partial charge in [0.05, 0.1) is 0 Å². The molecule has 158 valence electrons. The number of ether oxygens (including phenoxy) is 1. The van der Waals surface area contributed by atoms with Gasteiger partial charge in [-0.3, -0.25) is 9.59 Å². The van der Waals surface area contributed by atoms with Gasteiger partial charge in [-0.2, -0.15) is 0 Å². The molecule has 1 saturated heterocycles. The number of rotatable bonds is 5. The van der Waals surface area contributed by atoms with Gasteiger partial charge in [0.25, 0.3) is 5.91 Å². The predicted molar refractivity (Wildman–Crippen MR) is 123 cm³/mol. The van der Waals surface area contributed by atoms with Crippen molar-refractivity contribution in [3.63, 3.8) is 0 Å². The highest BCUT2D eigenvalue weighted by Crippen LogP contribution is 2.24. The normalized spacial score (nSPS) is 13.6. The molecule has 1 aliphatic rings. The Kier molecular flexibility index (Phi) is 6.17. The maximum Gasteiger partial charge on any atom is 0.308 e. The fourth-order valence-corrected chi connectivity index (χ4v) is 3.66. The lowest BCUT2D eigenvalue weighted by Crippen LogP contribution is -2.46. The van der Waals surface area contributed by atoms with Crippen LogP contribution in [0.3, 0.4) is 0 Å². The summed E-state index contributed by atoms with van der Waals surface area (Å²) in [7, 11) is 0. The second-order valence-corrected chi connectivity index (χ2v) is 7.43. The summed E-state index contributed by atoms with van der Waals surface area (Å²) in [6.45, 7) is 5.01. The molecule has 0 saturated carbocycles. The Balaban J connectivity index is 1.31. The Labute approximate surface area is 182 Å². The van der Waals surface area contributed by atoms with Crippen LogP contribution in [0.5, 0.6) is 5.75 Å². The molecule has 0 aliphatic carbocycles. The first-order chi connectivity index (χ1) is 15.1. The Morgan fingerprint density at radius 2 is 1.26 bits per heavy atom. The number of anilines is 3. The lowest BCUT2D eigenvalue weighted by molar-refractivity contribution is -0.131. The zero-order valence-electron chi connectivity index (χ0n) is 17.5. The lowest BCUT2D eigenvalue weighted by Gasteiger charge is -2.37. The van der Waals surface area contributed by atoms with Crippen molar-refractivity contribution >= 4 is 28.9 Å². The van der Waals surface area contributed by atoms with E-state index in [1.807, 2.05) is 66.7 Å². The number of benzene rings is 3. The summed E-state index contributed by atoms with van der Waals surface area (Å²) >= 11 is 0. The molecule has 1 fully saturated rings. The molecule has 0 unspecified atom stereocenters. The van der Waals surface area contributed by atoms with Crippen molar-refractivity contribution in [1.82, 2.24) is 0 Å². The van der Waals surface area contributed by atoms with E-state index in [2.05, 4.69) is 15.1 Å². The summed E-state index contributed by atoms with van der Waals surface area (Å²) in [6, 6.07) is 24.8. The summed E-state index contributed by atoms with van der Waals surface area (Å²) in [6.07, 6.45) is 0. The molecule has 0 atom stereocenters. The third kappa shape index (κ3) is 5.22. The van der Waals surface area contributed by atoms with Gasteiger partial charge in [-0.25, -0.2) is 0 Å². The lowest BCUT2D eigenvalue weighted by atomic mass is 10.2. The molecule has 31 heavy (non-hydrogen) atoms. The van der Waals surface area contributed by atoms with Crippen LogP contribution in [0.15, 0.2) is 78.9 Å². The Morgan fingerprint density at radius 1 is 0.742 bits per heavy atom. The maximum atomic E-state index is 12.3. The highest BCUT2D eigenvalue weighted by Gasteiger charge is 2.18. The van der Waals surface area contributed by atoms with Crippen molar-refractivity contribution in [2.75, 3.05) is 41.3 Å². The van der Waals surface area contributed by atoms with Crippen LogP contribution in [0.25, 0.3) is 0 Å². The van der Waals surface area contributed by atoms with Crippen LogP contribution < -0.4 is 19.9 Å². The summed E-state index contributed by atoms with van der Waals surface area (Å²) in [4.78, 5) is 28.0. The van der Waals surface area contributed by atoms with Gasteiger partial charge in [0.2, 0.25) is 0 Å². The molecular formula is C25H25N3O3. The fourth-order valence-electron chi connectivity index (χ4n) is 3.66. The van der Waals surface area contributed by atoms with E-state index in [1.54, 1.807) is 12.1 Å². The van der Waals surface area contributed by atoms with E-state index in [4.69, 9.17) is 4.74 Å².